The van der Waals surface area contributed by atoms with Crippen LogP contribution in [0.5, 0.6) is 0 Å². The molecule has 0 aliphatic heterocycles. The van der Waals surface area contributed by atoms with Gasteiger partial charge in [0.25, 0.3) is 0 Å². The van der Waals surface area contributed by atoms with Gasteiger partial charge >= 0.3 is 5.97 Å². The Labute approximate surface area is 117 Å². The molecule has 5 heteroatoms. The van der Waals surface area contributed by atoms with Gasteiger partial charge in [0.15, 0.2) is 5.69 Å². The van der Waals surface area contributed by atoms with Gasteiger partial charge < -0.3 is 15.2 Å². The minimum absolute atomic E-state index is 0.0584. The zero-order valence-electron chi connectivity index (χ0n) is 11.4. The number of fused-ring (bicyclic) bond motifs is 1. The fourth-order valence-corrected chi connectivity index (χ4v) is 2.03. The molecule has 0 amide bonds. The lowest BCUT2D eigenvalue weighted by Gasteiger charge is -2.10. The number of aromatic carboxylic acids is 1. The maximum atomic E-state index is 11.1. The summed E-state index contributed by atoms with van der Waals surface area (Å²) in [6.45, 7) is 1.51. The maximum absolute atomic E-state index is 11.1. The summed E-state index contributed by atoms with van der Waals surface area (Å²) in [4.78, 5) is 15.2. The predicted molar refractivity (Wildman–Crippen MR) is 78.3 cm³/mol. The van der Waals surface area contributed by atoms with E-state index in [9.17, 15) is 4.79 Å². The molecular weight excluding hydrogens is 256 g/mol. The van der Waals surface area contributed by atoms with Crippen LogP contribution in [0.25, 0.3) is 10.9 Å². The summed E-state index contributed by atoms with van der Waals surface area (Å²) >= 11 is 0. The molecule has 0 fully saturated rings. The van der Waals surface area contributed by atoms with Crippen molar-refractivity contribution < 1.29 is 14.6 Å². The van der Waals surface area contributed by atoms with Crippen molar-refractivity contribution in [3.8, 4) is 0 Å². The number of methoxy groups -OCH3 is 1. The smallest absolute Gasteiger partial charge is 0.354 e. The second-order valence-electron chi connectivity index (χ2n) is 4.50. The fourth-order valence-electron chi connectivity index (χ4n) is 2.03. The second-order valence-corrected chi connectivity index (χ2v) is 4.50. The quantitative estimate of drug-likeness (QED) is 0.760. The minimum atomic E-state index is -1.02. The Morgan fingerprint density at radius 1 is 1.35 bits per heavy atom. The SMILES string of the molecule is COCCCCNc1cc(C(=O)O)nc2ccccc12. The normalized spacial score (nSPS) is 10.7. The van der Waals surface area contributed by atoms with E-state index < -0.39 is 5.97 Å². The number of benzene rings is 1. The van der Waals surface area contributed by atoms with Crippen LogP contribution in [0, 0.1) is 0 Å². The molecule has 0 saturated carbocycles. The molecule has 0 saturated heterocycles. The van der Waals surface area contributed by atoms with Gasteiger partial charge in [-0.15, -0.1) is 0 Å². The van der Waals surface area contributed by atoms with Crippen LogP contribution in [0.4, 0.5) is 5.69 Å². The van der Waals surface area contributed by atoms with E-state index >= 15 is 0 Å². The van der Waals surface area contributed by atoms with Crippen molar-refractivity contribution in [2.45, 2.75) is 12.8 Å². The average molecular weight is 274 g/mol. The summed E-state index contributed by atoms with van der Waals surface area (Å²) in [6, 6.07) is 9.11. The van der Waals surface area contributed by atoms with Crippen LogP contribution in [0.1, 0.15) is 23.3 Å². The highest BCUT2D eigenvalue weighted by atomic mass is 16.5. The number of anilines is 1. The molecule has 1 aromatic heterocycles. The Kier molecular flexibility index (Phi) is 4.90. The average Bonchev–Trinajstić information content (AvgIpc) is 2.46. The van der Waals surface area contributed by atoms with Crippen LogP contribution in [0.15, 0.2) is 30.3 Å². The van der Waals surface area contributed by atoms with Crippen molar-refractivity contribution in [3.63, 3.8) is 0 Å². The van der Waals surface area contributed by atoms with Gasteiger partial charge in [-0.2, -0.15) is 0 Å². The summed E-state index contributed by atoms with van der Waals surface area (Å²) in [5, 5.41) is 13.3. The number of aromatic nitrogens is 1. The molecule has 0 unspecified atom stereocenters. The standard InChI is InChI=1S/C15H18N2O3/c1-20-9-5-4-8-16-13-10-14(15(18)19)17-12-7-3-2-6-11(12)13/h2-3,6-7,10H,4-5,8-9H2,1H3,(H,16,17)(H,18,19). The fraction of sp³-hybridized carbons (Fsp3) is 0.333. The van der Waals surface area contributed by atoms with Gasteiger partial charge in [0.2, 0.25) is 0 Å². The van der Waals surface area contributed by atoms with E-state index in [4.69, 9.17) is 9.84 Å². The zero-order chi connectivity index (χ0) is 14.4. The van der Waals surface area contributed by atoms with E-state index in [1.54, 1.807) is 13.2 Å². The highest BCUT2D eigenvalue weighted by molar-refractivity contribution is 5.97. The number of carboxylic acids is 1. The van der Waals surface area contributed by atoms with E-state index in [1.807, 2.05) is 24.3 Å². The lowest BCUT2D eigenvalue weighted by molar-refractivity contribution is 0.0691. The first kappa shape index (κ1) is 14.3. The van der Waals surface area contributed by atoms with Crippen molar-refractivity contribution in [1.29, 1.82) is 0 Å². The van der Waals surface area contributed by atoms with Gasteiger partial charge in [-0.3, -0.25) is 0 Å². The van der Waals surface area contributed by atoms with Crippen molar-refractivity contribution >= 4 is 22.6 Å². The summed E-state index contributed by atoms with van der Waals surface area (Å²) < 4.78 is 5.00. The third-order valence-corrected chi connectivity index (χ3v) is 3.03. The summed E-state index contributed by atoms with van der Waals surface area (Å²) in [5.74, 6) is -1.02. The van der Waals surface area contributed by atoms with E-state index in [0.717, 1.165) is 37.1 Å². The van der Waals surface area contributed by atoms with Crippen molar-refractivity contribution in [2.75, 3.05) is 25.6 Å². The summed E-state index contributed by atoms with van der Waals surface area (Å²) in [7, 11) is 1.68. The molecule has 0 radical (unpaired) electrons. The van der Waals surface area contributed by atoms with Gasteiger partial charge in [0.05, 0.1) is 5.52 Å². The van der Waals surface area contributed by atoms with Gasteiger partial charge in [-0.1, -0.05) is 18.2 Å². The number of unbranched alkanes of at least 4 members (excludes halogenated alkanes) is 1. The minimum Gasteiger partial charge on any atom is -0.477 e. The molecule has 106 valence electrons. The number of nitrogens with one attached hydrogen (secondary N) is 1. The Bertz CT molecular complexity index is 599. The molecule has 0 aliphatic rings. The molecular formula is C15H18N2O3. The molecule has 2 aromatic rings. The number of hydrogen-bond acceptors (Lipinski definition) is 4. The second kappa shape index (κ2) is 6.86. The van der Waals surface area contributed by atoms with Crippen LogP contribution in [-0.2, 0) is 4.74 Å². The molecule has 0 bridgehead atoms. The molecule has 1 heterocycles. The molecule has 5 nitrogen and oxygen atoms in total. The highest BCUT2D eigenvalue weighted by Gasteiger charge is 2.10. The molecule has 2 N–H and O–H groups in total. The van der Waals surface area contributed by atoms with Gasteiger partial charge in [-0.05, 0) is 25.0 Å². The number of nitrogens with zero attached hydrogens (tertiary/aromatic N) is 1. The van der Waals surface area contributed by atoms with E-state index in [-0.39, 0.29) is 5.69 Å². The van der Waals surface area contributed by atoms with E-state index in [2.05, 4.69) is 10.3 Å². The topological polar surface area (TPSA) is 71.5 Å². The van der Waals surface area contributed by atoms with Crippen LogP contribution in [0.2, 0.25) is 0 Å². The number of carboxylic acid groups (broad SMARTS) is 1. The molecule has 0 atom stereocenters. The van der Waals surface area contributed by atoms with E-state index in [1.165, 1.54) is 0 Å². The van der Waals surface area contributed by atoms with Crippen LogP contribution in [-0.4, -0.2) is 36.3 Å². The van der Waals surface area contributed by atoms with Crippen molar-refractivity contribution in [3.05, 3.63) is 36.0 Å². The van der Waals surface area contributed by atoms with Crippen LogP contribution >= 0.6 is 0 Å². The lowest BCUT2D eigenvalue weighted by Crippen LogP contribution is -2.07. The number of carbonyl (C=O) groups is 1. The number of pyridine rings is 1. The Morgan fingerprint density at radius 2 is 2.15 bits per heavy atom. The first-order chi connectivity index (χ1) is 9.72. The van der Waals surface area contributed by atoms with Crippen molar-refractivity contribution in [2.24, 2.45) is 0 Å². The number of para-hydroxylation sites is 1. The van der Waals surface area contributed by atoms with Gasteiger partial charge in [0.1, 0.15) is 0 Å². The first-order valence-electron chi connectivity index (χ1n) is 6.58. The van der Waals surface area contributed by atoms with E-state index in [0.29, 0.717) is 5.52 Å². The third kappa shape index (κ3) is 3.45. The van der Waals surface area contributed by atoms with Crippen molar-refractivity contribution in [1.82, 2.24) is 4.98 Å². The Hall–Kier alpha value is -2.14. The largest absolute Gasteiger partial charge is 0.477 e. The van der Waals surface area contributed by atoms with Crippen LogP contribution < -0.4 is 5.32 Å². The monoisotopic (exact) mass is 274 g/mol. The summed E-state index contributed by atoms with van der Waals surface area (Å²) in [5.41, 5.74) is 1.56. The zero-order valence-corrected chi connectivity index (χ0v) is 11.4. The third-order valence-electron chi connectivity index (χ3n) is 3.03. The number of hydrogen-bond donors (Lipinski definition) is 2. The number of rotatable bonds is 7. The molecule has 0 aliphatic carbocycles. The molecule has 1 aromatic carbocycles. The predicted octanol–water partition coefficient (Wildman–Crippen LogP) is 2.77. The van der Waals surface area contributed by atoms with Gasteiger partial charge in [0, 0.05) is 31.3 Å². The molecule has 0 spiro atoms. The van der Waals surface area contributed by atoms with Gasteiger partial charge in [-0.25, -0.2) is 9.78 Å². The maximum Gasteiger partial charge on any atom is 0.354 e. The van der Waals surface area contributed by atoms with Crippen LogP contribution in [0.3, 0.4) is 0 Å². The Morgan fingerprint density at radius 3 is 2.90 bits per heavy atom. The molecule has 20 heavy (non-hydrogen) atoms. The molecule has 2 rings (SSSR count). The lowest BCUT2D eigenvalue weighted by atomic mass is 10.1. The summed E-state index contributed by atoms with van der Waals surface area (Å²) in [6.07, 6.45) is 1.94. The number of ether oxygens (including phenoxy) is 1. The Balaban J connectivity index is 2.19. The first-order valence-corrected chi connectivity index (χ1v) is 6.58. The highest BCUT2D eigenvalue weighted by Crippen LogP contribution is 2.23.